The Morgan fingerprint density at radius 2 is 2.08 bits per heavy atom. The van der Waals surface area contributed by atoms with E-state index >= 15 is 0 Å². The minimum Gasteiger partial charge on any atom is -0.350 e. The van der Waals surface area contributed by atoms with Crippen molar-refractivity contribution in [3.8, 4) is 0 Å². The first kappa shape index (κ1) is 17.4. The number of carbonyl (C=O) groups excluding carboxylic acids is 1. The van der Waals surface area contributed by atoms with E-state index in [1.807, 2.05) is 4.57 Å². The molecule has 1 fully saturated rings. The van der Waals surface area contributed by atoms with E-state index < -0.39 is 10.2 Å². The minimum absolute atomic E-state index is 0.113. The third kappa shape index (κ3) is 3.33. The maximum Gasteiger partial charge on any atom is 0.281 e. The highest BCUT2D eigenvalue weighted by Gasteiger charge is 2.28. The van der Waals surface area contributed by atoms with Gasteiger partial charge >= 0.3 is 0 Å². The van der Waals surface area contributed by atoms with Crippen LogP contribution >= 0.6 is 0 Å². The second kappa shape index (κ2) is 6.81. The van der Waals surface area contributed by atoms with Crippen molar-refractivity contribution in [1.82, 2.24) is 23.5 Å². The molecule has 0 atom stereocenters. The average molecular weight is 355 g/mol. The van der Waals surface area contributed by atoms with Gasteiger partial charge < -0.3 is 9.88 Å². The molecular formula is C15H25N5O3S. The Balaban J connectivity index is 1.65. The van der Waals surface area contributed by atoms with Crippen LogP contribution in [0.25, 0.3) is 0 Å². The summed E-state index contributed by atoms with van der Waals surface area (Å²) in [5.41, 5.74) is 0.932. The summed E-state index contributed by atoms with van der Waals surface area (Å²) < 4.78 is 29.3. The van der Waals surface area contributed by atoms with Gasteiger partial charge in [-0.1, -0.05) is 6.42 Å². The third-order valence-electron chi connectivity index (χ3n) is 4.89. The highest BCUT2D eigenvalue weighted by Crippen LogP contribution is 2.26. The molecule has 1 aliphatic heterocycles. The van der Waals surface area contributed by atoms with Gasteiger partial charge in [-0.3, -0.25) is 4.79 Å². The second-order valence-corrected chi connectivity index (χ2v) is 8.74. The van der Waals surface area contributed by atoms with E-state index in [2.05, 4.69) is 10.3 Å². The topological polar surface area (TPSA) is 87.5 Å². The van der Waals surface area contributed by atoms with Crippen molar-refractivity contribution >= 4 is 16.1 Å². The van der Waals surface area contributed by atoms with E-state index in [0.29, 0.717) is 32.6 Å². The van der Waals surface area contributed by atoms with E-state index in [0.717, 1.165) is 30.8 Å². The van der Waals surface area contributed by atoms with Crippen LogP contribution in [0, 0.1) is 5.92 Å². The molecule has 1 N–H and O–H groups in total. The molecule has 1 aliphatic carbocycles. The molecule has 0 unspecified atom stereocenters. The largest absolute Gasteiger partial charge is 0.350 e. The van der Waals surface area contributed by atoms with E-state index in [-0.39, 0.29) is 11.8 Å². The smallest absolute Gasteiger partial charge is 0.281 e. The molecule has 0 bridgehead atoms. The molecule has 1 aromatic heterocycles. The number of amides is 1. The number of hydrogen-bond acceptors (Lipinski definition) is 4. The molecule has 8 nitrogen and oxygen atoms in total. The normalized spacial score (nSPS) is 19.6. The maximum absolute atomic E-state index is 12.3. The minimum atomic E-state index is -3.41. The molecule has 1 amide bonds. The highest BCUT2D eigenvalue weighted by molar-refractivity contribution is 7.86. The van der Waals surface area contributed by atoms with E-state index in [9.17, 15) is 13.2 Å². The third-order valence-corrected chi connectivity index (χ3v) is 6.83. The van der Waals surface area contributed by atoms with Crippen LogP contribution in [0.5, 0.6) is 0 Å². The SMILES string of the molecule is CN(C)S(=O)(=O)N1CCc2ncc(CNC(=O)C3CCC3)n2CC1. The second-order valence-electron chi connectivity index (χ2n) is 6.60. The van der Waals surface area contributed by atoms with Gasteiger partial charge in [0.15, 0.2) is 0 Å². The van der Waals surface area contributed by atoms with Crippen molar-refractivity contribution in [2.24, 2.45) is 5.92 Å². The first-order chi connectivity index (χ1) is 11.4. The lowest BCUT2D eigenvalue weighted by molar-refractivity contribution is -0.127. The molecular weight excluding hydrogens is 330 g/mol. The fraction of sp³-hybridized carbons (Fsp3) is 0.733. The van der Waals surface area contributed by atoms with E-state index in [4.69, 9.17) is 0 Å². The summed E-state index contributed by atoms with van der Waals surface area (Å²) >= 11 is 0. The summed E-state index contributed by atoms with van der Waals surface area (Å²) in [7, 11) is -0.325. The predicted molar refractivity (Wildman–Crippen MR) is 89.3 cm³/mol. The van der Waals surface area contributed by atoms with Gasteiger partial charge in [-0.25, -0.2) is 4.98 Å². The maximum atomic E-state index is 12.3. The lowest BCUT2D eigenvalue weighted by atomic mass is 9.85. The molecule has 0 spiro atoms. The standard InChI is InChI=1S/C15H25N5O3S/c1-18(2)24(22,23)19-7-6-14-16-10-13(20(14)9-8-19)11-17-15(21)12-4-3-5-12/h10,12H,3-9,11H2,1-2H3,(H,17,21). The van der Waals surface area contributed by atoms with Crippen LogP contribution in [-0.4, -0.2) is 59.7 Å². The zero-order valence-corrected chi connectivity index (χ0v) is 15.0. The zero-order valence-electron chi connectivity index (χ0n) is 14.2. The molecule has 1 aromatic rings. The fourth-order valence-corrected chi connectivity index (χ4v) is 4.17. The van der Waals surface area contributed by atoms with Gasteiger partial charge in [-0.05, 0) is 12.8 Å². The van der Waals surface area contributed by atoms with Crippen LogP contribution in [0.1, 0.15) is 30.8 Å². The average Bonchev–Trinajstić information content (AvgIpc) is 2.72. The number of hydrogen-bond donors (Lipinski definition) is 1. The van der Waals surface area contributed by atoms with Crippen LogP contribution < -0.4 is 5.32 Å². The van der Waals surface area contributed by atoms with Crippen molar-refractivity contribution in [1.29, 1.82) is 0 Å². The Hall–Kier alpha value is -1.45. The first-order valence-electron chi connectivity index (χ1n) is 8.38. The zero-order chi connectivity index (χ0) is 17.3. The molecule has 134 valence electrons. The van der Waals surface area contributed by atoms with Crippen molar-refractivity contribution in [3.05, 3.63) is 17.7 Å². The summed E-state index contributed by atoms with van der Waals surface area (Å²) in [6, 6.07) is 0. The Morgan fingerprint density at radius 1 is 1.33 bits per heavy atom. The molecule has 2 heterocycles. The molecule has 2 aliphatic rings. The lowest BCUT2D eigenvalue weighted by Crippen LogP contribution is -2.41. The molecule has 0 aromatic carbocycles. The van der Waals surface area contributed by atoms with Crippen molar-refractivity contribution < 1.29 is 13.2 Å². The molecule has 1 saturated carbocycles. The Labute approximate surface area is 143 Å². The molecule has 9 heteroatoms. The lowest BCUT2D eigenvalue weighted by Gasteiger charge is -2.24. The van der Waals surface area contributed by atoms with Crippen molar-refractivity contribution in [2.45, 2.75) is 38.8 Å². The quantitative estimate of drug-likeness (QED) is 0.803. The number of carbonyl (C=O) groups is 1. The van der Waals surface area contributed by atoms with Crippen LogP contribution in [0.2, 0.25) is 0 Å². The van der Waals surface area contributed by atoms with Crippen LogP contribution in [-0.2, 0) is 34.5 Å². The number of imidazole rings is 1. The molecule has 0 radical (unpaired) electrons. The molecule has 0 saturated heterocycles. The first-order valence-corrected chi connectivity index (χ1v) is 9.78. The Bertz CT molecular complexity index is 709. The molecule has 3 rings (SSSR count). The monoisotopic (exact) mass is 355 g/mol. The number of nitrogens with one attached hydrogen (secondary N) is 1. The van der Waals surface area contributed by atoms with Gasteiger partial charge in [-0.15, -0.1) is 0 Å². The van der Waals surface area contributed by atoms with Gasteiger partial charge in [0.2, 0.25) is 5.91 Å². The summed E-state index contributed by atoms with van der Waals surface area (Å²) in [4.78, 5) is 16.4. The summed E-state index contributed by atoms with van der Waals surface area (Å²) in [6.07, 6.45) is 5.45. The van der Waals surface area contributed by atoms with Gasteiger partial charge in [0.25, 0.3) is 10.2 Å². The summed E-state index contributed by atoms with van der Waals surface area (Å²) in [5.74, 6) is 1.15. The predicted octanol–water partition coefficient (Wildman–Crippen LogP) is -0.0361. The number of fused-ring (bicyclic) bond motifs is 1. The summed E-state index contributed by atoms with van der Waals surface area (Å²) in [6.45, 7) is 1.83. The van der Waals surface area contributed by atoms with Crippen molar-refractivity contribution in [3.63, 3.8) is 0 Å². The highest BCUT2D eigenvalue weighted by atomic mass is 32.2. The summed E-state index contributed by atoms with van der Waals surface area (Å²) in [5, 5.41) is 2.98. The van der Waals surface area contributed by atoms with Crippen LogP contribution in [0.15, 0.2) is 6.20 Å². The number of aromatic nitrogens is 2. The number of nitrogens with zero attached hydrogens (tertiary/aromatic N) is 4. The number of rotatable bonds is 5. The van der Waals surface area contributed by atoms with Gasteiger partial charge in [0.1, 0.15) is 5.82 Å². The van der Waals surface area contributed by atoms with Crippen LogP contribution in [0.3, 0.4) is 0 Å². The fourth-order valence-electron chi connectivity index (χ4n) is 3.07. The van der Waals surface area contributed by atoms with Crippen LogP contribution in [0.4, 0.5) is 0 Å². The Morgan fingerprint density at radius 3 is 2.71 bits per heavy atom. The van der Waals surface area contributed by atoms with E-state index in [1.165, 1.54) is 8.61 Å². The van der Waals surface area contributed by atoms with E-state index in [1.54, 1.807) is 20.3 Å². The van der Waals surface area contributed by atoms with Gasteiger partial charge in [0.05, 0.1) is 18.4 Å². The van der Waals surface area contributed by atoms with Gasteiger partial charge in [0, 0.05) is 46.1 Å². The van der Waals surface area contributed by atoms with Gasteiger partial charge in [-0.2, -0.15) is 17.0 Å². The van der Waals surface area contributed by atoms with Crippen molar-refractivity contribution in [2.75, 3.05) is 27.2 Å². The molecule has 24 heavy (non-hydrogen) atoms. The Kier molecular flexibility index (Phi) is 4.93.